The minimum Gasteiger partial charge on any atom is -0.380 e. The Labute approximate surface area is 211 Å². The first-order chi connectivity index (χ1) is 17.2. The van der Waals surface area contributed by atoms with Crippen LogP contribution in [0.4, 0.5) is 14.5 Å². The number of halogens is 3. The maximum Gasteiger partial charge on any atom is 0.264 e. The van der Waals surface area contributed by atoms with Gasteiger partial charge in [0.2, 0.25) is 0 Å². The van der Waals surface area contributed by atoms with E-state index in [2.05, 4.69) is 33.6 Å². The molecule has 11 heteroatoms. The molecule has 5 rings (SSSR count). The predicted octanol–water partition coefficient (Wildman–Crippen LogP) is 4.76. The minimum absolute atomic E-state index is 0.0542. The van der Waals surface area contributed by atoms with Crippen molar-refractivity contribution < 1.29 is 21.9 Å². The van der Waals surface area contributed by atoms with Crippen molar-refractivity contribution in [2.24, 2.45) is 11.8 Å². The van der Waals surface area contributed by atoms with Crippen LogP contribution in [0, 0.1) is 35.3 Å². The van der Waals surface area contributed by atoms with Crippen molar-refractivity contribution in [3.05, 3.63) is 77.3 Å². The zero-order chi connectivity index (χ0) is 25.4. The third-order valence-corrected chi connectivity index (χ3v) is 7.58. The van der Waals surface area contributed by atoms with Gasteiger partial charge in [0.15, 0.2) is 5.15 Å². The molecule has 0 aliphatic carbocycles. The fourth-order valence-electron chi connectivity index (χ4n) is 3.84. The molecule has 0 bridgehead atoms. The number of pyridine rings is 2. The normalized spacial score (nSPS) is 17.7. The molecule has 0 spiro atoms. The molecule has 7 nitrogen and oxygen atoms in total. The summed E-state index contributed by atoms with van der Waals surface area (Å²) in [6.45, 7) is 3.40. The van der Waals surface area contributed by atoms with E-state index in [-0.39, 0.29) is 16.8 Å². The Bertz CT molecular complexity index is 1650. The molecule has 1 saturated heterocycles. The molecule has 1 aromatic carbocycles. The number of fused-ring (bicyclic) bond motifs is 1. The Balaban J connectivity index is 1.48. The van der Waals surface area contributed by atoms with Gasteiger partial charge in [-0.15, -0.1) is 0 Å². The third-order valence-electron chi connectivity index (χ3n) is 5.88. The minimum atomic E-state index is -4.39. The van der Waals surface area contributed by atoms with Gasteiger partial charge in [-0.25, -0.2) is 26.7 Å². The van der Waals surface area contributed by atoms with Crippen LogP contribution >= 0.6 is 11.6 Å². The number of sulfonamides is 1. The SMILES string of the molecule is CC1COCC1C#Cc1cnn2ccc(-c3cnc(Cl)c(NS(=O)(=O)c4ccc(F)cc4F)c3)cc12. The summed E-state index contributed by atoms with van der Waals surface area (Å²) in [7, 11) is -4.39. The molecule has 1 aliphatic rings. The number of hydrogen-bond acceptors (Lipinski definition) is 5. The molecule has 0 saturated carbocycles. The maximum atomic E-state index is 14.1. The van der Waals surface area contributed by atoms with Gasteiger partial charge in [0, 0.05) is 29.9 Å². The Morgan fingerprint density at radius 2 is 1.97 bits per heavy atom. The van der Waals surface area contributed by atoms with Crippen molar-refractivity contribution >= 4 is 32.8 Å². The summed E-state index contributed by atoms with van der Waals surface area (Å²) in [4.78, 5) is 3.37. The molecule has 184 valence electrons. The van der Waals surface area contributed by atoms with E-state index < -0.39 is 26.6 Å². The van der Waals surface area contributed by atoms with Gasteiger partial charge in [0.25, 0.3) is 10.0 Å². The molecule has 2 unspecified atom stereocenters. The molecule has 4 aromatic rings. The predicted molar refractivity (Wildman–Crippen MR) is 131 cm³/mol. The van der Waals surface area contributed by atoms with Gasteiger partial charge in [-0.05, 0) is 41.8 Å². The van der Waals surface area contributed by atoms with Gasteiger partial charge >= 0.3 is 0 Å². The lowest BCUT2D eigenvalue weighted by molar-refractivity contribution is 0.185. The van der Waals surface area contributed by atoms with Gasteiger partial charge in [0.1, 0.15) is 16.5 Å². The van der Waals surface area contributed by atoms with Gasteiger partial charge in [-0.1, -0.05) is 30.4 Å². The highest BCUT2D eigenvalue weighted by molar-refractivity contribution is 7.92. The molecule has 2 atom stereocenters. The number of hydrogen-bond donors (Lipinski definition) is 1. The summed E-state index contributed by atoms with van der Waals surface area (Å²) in [5.74, 6) is 4.86. The number of nitrogens with zero attached hydrogens (tertiary/aromatic N) is 3. The fraction of sp³-hybridized carbons (Fsp3) is 0.200. The quantitative estimate of drug-likeness (QED) is 0.305. The first-order valence-electron chi connectivity index (χ1n) is 10.9. The van der Waals surface area contributed by atoms with Crippen molar-refractivity contribution in [2.75, 3.05) is 17.9 Å². The molecule has 4 heterocycles. The molecular weight excluding hydrogens is 510 g/mol. The maximum absolute atomic E-state index is 14.1. The summed E-state index contributed by atoms with van der Waals surface area (Å²) in [6.07, 6.45) is 4.93. The van der Waals surface area contributed by atoms with Crippen molar-refractivity contribution in [1.29, 1.82) is 0 Å². The van der Waals surface area contributed by atoms with E-state index in [1.165, 1.54) is 12.3 Å². The summed E-state index contributed by atoms with van der Waals surface area (Å²) >= 11 is 6.13. The summed E-state index contributed by atoms with van der Waals surface area (Å²) in [5.41, 5.74) is 2.71. The van der Waals surface area contributed by atoms with Crippen LogP contribution in [-0.2, 0) is 14.8 Å². The van der Waals surface area contributed by atoms with E-state index in [1.807, 2.05) is 6.07 Å². The molecule has 0 amide bonds. The van der Waals surface area contributed by atoms with Crippen LogP contribution in [0.25, 0.3) is 16.6 Å². The van der Waals surface area contributed by atoms with Crippen LogP contribution in [0.1, 0.15) is 12.5 Å². The second kappa shape index (κ2) is 9.50. The summed E-state index contributed by atoms with van der Waals surface area (Å²) in [5, 5.41) is 4.21. The summed E-state index contributed by atoms with van der Waals surface area (Å²) < 4.78 is 62.2. The second-order valence-corrected chi connectivity index (χ2v) is 10.4. The number of benzene rings is 1. The average Bonchev–Trinajstić information content (AvgIpc) is 3.43. The number of rotatable bonds is 4. The average molecular weight is 529 g/mol. The lowest BCUT2D eigenvalue weighted by Gasteiger charge is -2.12. The molecule has 0 radical (unpaired) electrons. The van der Waals surface area contributed by atoms with Crippen molar-refractivity contribution in [2.45, 2.75) is 11.8 Å². The second-order valence-electron chi connectivity index (χ2n) is 8.44. The van der Waals surface area contributed by atoms with Gasteiger partial charge in [0.05, 0.1) is 36.2 Å². The lowest BCUT2D eigenvalue weighted by atomic mass is 9.98. The number of ether oxygens (including phenoxy) is 1. The monoisotopic (exact) mass is 528 g/mol. The highest BCUT2D eigenvalue weighted by atomic mass is 35.5. The molecule has 3 aromatic heterocycles. The first-order valence-corrected chi connectivity index (χ1v) is 12.8. The van der Waals surface area contributed by atoms with E-state index in [0.29, 0.717) is 36.3 Å². The van der Waals surface area contributed by atoms with E-state index in [4.69, 9.17) is 16.3 Å². The van der Waals surface area contributed by atoms with E-state index in [1.54, 1.807) is 23.0 Å². The Morgan fingerprint density at radius 3 is 2.72 bits per heavy atom. The van der Waals surface area contributed by atoms with E-state index in [0.717, 1.165) is 23.2 Å². The van der Waals surface area contributed by atoms with Crippen molar-refractivity contribution in [3.63, 3.8) is 0 Å². The molecule has 36 heavy (non-hydrogen) atoms. The first kappa shape index (κ1) is 24.2. The van der Waals surface area contributed by atoms with Crippen molar-refractivity contribution in [1.82, 2.24) is 14.6 Å². The van der Waals surface area contributed by atoms with Crippen LogP contribution in [0.3, 0.4) is 0 Å². The smallest absolute Gasteiger partial charge is 0.264 e. The highest BCUT2D eigenvalue weighted by Crippen LogP contribution is 2.30. The van der Waals surface area contributed by atoms with Gasteiger partial charge in [-0.2, -0.15) is 5.10 Å². The van der Waals surface area contributed by atoms with Crippen LogP contribution < -0.4 is 4.72 Å². The highest BCUT2D eigenvalue weighted by Gasteiger charge is 2.23. The Morgan fingerprint density at radius 1 is 1.14 bits per heavy atom. The lowest BCUT2D eigenvalue weighted by Crippen LogP contribution is -2.15. The molecule has 1 N–H and O–H groups in total. The molecule has 1 aliphatic heterocycles. The van der Waals surface area contributed by atoms with Gasteiger partial charge in [-0.3, -0.25) is 4.72 Å². The third kappa shape index (κ3) is 4.78. The number of aromatic nitrogens is 3. The number of nitrogens with one attached hydrogen (secondary N) is 1. The van der Waals surface area contributed by atoms with E-state index in [9.17, 15) is 17.2 Å². The number of anilines is 1. The Kier molecular flexibility index (Phi) is 6.38. The molecular formula is C25H19ClF2N4O3S. The zero-order valence-corrected chi connectivity index (χ0v) is 20.4. The van der Waals surface area contributed by atoms with E-state index >= 15 is 0 Å². The zero-order valence-electron chi connectivity index (χ0n) is 18.9. The van der Waals surface area contributed by atoms with Crippen LogP contribution in [0.5, 0.6) is 0 Å². The largest absolute Gasteiger partial charge is 0.380 e. The van der Waals surface area contributed by atoms with Crippen LogP contribution in [-0.4, -0.2) is 36.2 Å². The van der Waals surface area contributed by atoms with Crippen LogP contribution in [0.15, 0.2) is 59.9 Å². The van der Waals surface area contributed by atoms with Crippen molar-refractivity contribution in [3.8, 4) is 23.0 Å². The topological polar surface area (TPSA) is 85.6 Å². The molecule has 1 fully saturated rings. The standard InChI is InChI=1S/C25H19ClF2N4O3S/c1-15-13-35-14-18(15)3-2-17-12-30-32-7-6-16(9-23(17)32)19-8-22(25(26)29-11-19)31-36(33,34)24-5-4-20(27)10-21(24)28/h4-12,15,18,31H,13-14H2,1H3. The van der Waals surface area contributed by atoms with Crippen LogP contribution in [0.2, 0.25) is 5.15 Å². The summed E-state index contributed by atoms with van der Waals surface area (Å²) in [6, 6.07) is 7.32. The van der Waals surface area contributed by atoms with Gasteiger partial charge < -0.3 is 4.74 Å². The Hall–Kier alpha value is -3.52. The fourth-order valence-corrected chi connectivity index (χ4v) is 5.17.